The Labute approximate surface area is 232 Å². The molecule has 2 bridgehead atoms. The monoisotopic (exact) mass is 557 g/mol. The largest absolute Gasteiger partial charge is 0.493 e. The number of ether oxygens (including phenoxy) is 1. The highest BCUT2D eigenvalue weighted by Crippen LogP contribution is 2.24. The maximum atomic E-state index is 13.3. The highest BCUT2D eigenvalue weighted by Gasteiger charge is 2.18. The number of likely N-dealkylation sites (N-methyl/N-ethyl adjacent to an activating group) is 1. The first kappa shape index (κ1) is 28.0. The normalized spacial score (nSPS) is 18.1. The minimum atomic E-state index is -0.443. The summed E-state index contributed by atoms with van der Waals surface area (Å²) in [7, 11) is 2.08. The molecule has 0 spiro atoms. The molecule has 8 nitrogen and oxygen atoms in total. The molecule has 202 valence electrons. The minimum absolute atomic E-state index is 0.0734. The van der Waals surface area contributed by atoms with Crippen molar-refractivity contribution in [3.63, 3.8) is 0 Å². The third-order valence-corrected chi connectivity index (χ3v) is 6.99. The van der Waals surface area contributed by atoms with E-state index in [1.807, 2.05) is 24.3 Å². The van der Waals surface area contributed by atoms with Crippen molar-refractivity contribution in [2.45, 2.75) is 44.8 Å². The third-order valence-electron chi connectivity index (χ3n) is 6.45. The van der Waals surface area contributed by atoms with E-state index in [0.29, 0.717) is 30.3 Å². The number of rotatable bonds is 2. The van der Waals surface area contributed by atoms with Crippen LogP contribution in [-0.4, -0.2) is 53.1 Å². The second kappa shape index (κ2) is 13.6. The molecule has 0 aliphatic carbocycles. The Morgan fingerprint density at radius 1 is 1.08 bits per heavy atom. The molecule has 0 radical (unpaired) electrons. The summed E-state index contributed by atoms with van der Waals surface area (Å²) in [5.74, 6) is 0.454. The molecule has 4 rings (SSSR count). The first-order chi connectivity index (χ1) is 18.4. The molecule has 1 aliphatic heterocycles. The van der Waals surface area contributed by atoms with Gasteiger partial charge in [-0.25, -0.2) is 4.98 Å². The van der Waals surface area contributed by atoms with Crippen LogP contribution in [0.3, 0.4) is 0 Å². The van der Waals surface area contributed by atoms with Gasteiger partial charge in [-0.2, -0.15) is 0 Å². The predicted octanol–water partition coefficient (Wildman–Crippen LogP) is 4.38. The molecule has 1 atom stereocenters. The Balaban J connectivity index is 1.59. The number of fused-ring (bicyclic) bond motifs is 3. The number of halogens is 2. The van der Waals surface area contributed by atoms with Gasteiger partial charge in [0.1, 0.15) is 17.4 Å². The minimum Gasteiger partial charge on any atom is -0.493 e. The van der Waals surface area contributed by atoms with E-state index in [1.54, 1.807) is 12.1 Å². The fourth-order valence-electron chi connectivity index (χ4n) is 4.48. The molecule has 38 heavy (non-hydrogen) atoms. The number of benzene rings is 2. The molecule has 2 N–H and O–H groups in total. The molecule has 0 saturated heterocycles. The molecular weight excluding hydrogens is 525 g/mol. The van der Waals surface area contributed by atoms with Crippen molar-refractivity contribution in [3.05, 3.63) is 86.4 Å². The Hall–Kier alpha value is -3.07. The summed E-state index contributed by atoms with van der Waals surface area (Å²) in [6.07, 6.45) is 5.04. The number of nitrogens with one attached hydrogen (secondary N) is 2. The number of hydrogen-bond acceptors (Lipinski definition) is 6. The van der Waals surface area contributed by atoms with Crippen molar-refractivity contribution < 1.29 is 9.53 Å². The highest BCUT2D eigenvalue weighted by atomic mass is 35.5. The van der Waals surface area contributed by atoms with Gasteiger partial charge in [0.2, 0.25) is 5.91 Å². The van der Waals surface area contributed by atoms with Gasteiger partial charge in [0.05, 0.1) is 12.8 Å². The Kier molecular flexibility index (Phi) is 10.0. The summed E-state index contributed by atoms with van der Waals surface area (Å²) >= 11 is 12.5. The Morgan fingerprint density at radius 2 is 1.89 bits per heavy atom. The van der Waals surface area contributed by atoms with Crippen molar-refractivity contribution in [1.82, 2.24) is 19.8 Å². The molecule has 0 saturated carbocycles. The van der Waals surface area contributed by atoms with Crippen molar-refractivity contribution >= 4 is 34.9 Å². The number of aromatic nitrogens is 2. The van der Waals surface area contributed by atoms with Crippen molar-refractivity contribution in [1.29, 1.82) is 0 Å². The number of hydrogen-bond donors (Lipinski definition) is 2. The van der Waals surface area contributed by atoms with E-state index in [-0.39, 0.29) is 36.0 Å². The Morgan fingerprint density at radius 3 is 2.71 bits per heavy atom. The van der Waals surface area contributed by atoms with Crippen LogP contribution >= 0.6 is 23.2 Å². The molecule has 1 aliphatic rings. The maximum absolute atomic E-state index is 13.3. The van der Waals surface area contributed by atoms with Gasteiger partial charge in [0.15, 0.2) is 5.82 Å². The molecule has 1 aromatic heterocycles. The summed E-state index contributed by atoms with van der Waals surface area (Å²) in [5, 5.41) is 6.84. The number of carbonyl (C=O) groups is 1. The highest BCUT2D eigenvalue weighted by molar-refractivity contribution is 6.30. The zero-order chi connectivity index (χ0) is 26.9. The first-order valence-electron chi connectivity index (χ1n) is 12.8. The van der Waals surface area contributed by atoms with E-state index in [1.165, 1.54) is 10.8 Å². The molecule has 0 fully saturated rings. The van der Waals surface area contributed by atoms with E-state index in [9.17, 15) is 9.59 Å². The van der Waals surface area contributed by atoms with Gasteiger partial charge in [-0.3, -0.25) is 14.2 Å². The summed E-state index contributed by atoms with van der Waals surface area (Å²) in [5.41, 5.74) is 1.52. The van der Waals surface area contributed by atoms with Gasteiger partial charge < -0.3 is 20.3 Å². The van der Waals surface area contributed by atoms with Gasteiger partial charge in [0, 0.05) is 29.7 Å². The quantitative estimate of drug-likeness (QED) is 0.486. The number of anilines is 1. The molecule has 10 heteroatoms. The SMILES string of the molecule is CN1CCCCCOc2cc(Cl)ccc2CNC(=O)Cn2c(Cl)cnc(c2=O)N[C@@H](Cc2ccccc2)C1. The molecule has 1 amide bonds. The molecular formula is C28H33Cl2N5O3. The van der Waals surface area contributed by atoms with Crippen LogP contribution in [0, 0.1) is 0 Å². The smallest absolute Gasteiger partial charge is 0.294 e. The number of nitrogens with zero attached hydrogens (tertiary/aromatic N) is 3. The fraction of sp³-hybridized carbons (Fsp3) is 0.393. The first-order valence-corrected chi connectivity index (χ1v) is 13.6. The summed E-state index contributed by atoms with van der Waals surface area (Å²) in [6.45, 7) is 2.18. The third kappa shape index (κ3) is 7.96. The standard InChI is InChI=1S/C28H33Cl2N5O3/c1-34-12-6-3-7-13-38-24-15-22(29)11-10-21(24)16-31-26(36)19-35-25(30)17-32-27(28(35)37)33-23(18-34)14-20-8-4-2-5-9-20/h2,4-5,8-11,15,17,23H,3,6-7,12-14,16,18-19H2,1H3,(H,31,36)(H,32,33)/t23-/m0/s1. The van der Waals surface area contributed by atoms with Crippen LogP contribution in [0.15, 0.2) is 59.5 Å². The maximum Gasteiger partial charge on any atom is 0.294 e. The van der Waals surface area contributed by atoms with Gasteiger partial charge in [-0.1, -0.05) is 59.6 Å². The lowest BCUT2D eigenvalue weighted by atomic mass is 10.1. The van der Waals surface area contributed by atoms with Crippen molar-refractivity contribution in [3.8, 4) is 5.75 Å². The van der Waals surface area contributed by atoms with Crippen molar-refractivity contribution in [2.24, 2.45) is 0 Å². The fourth-order valence-corrected chi connectivity index (χ4v) is 4.83. The average molecular weight is 559 g/mol. The van der Waals surface area contributed by atoms with E-state index < -0.39 is 5.56 Å². The van der Waals surface area contributed by atoms with Gasteiger partial charge in [-0.15, -0.1) is 0 Å². The zero-order valence-electron chi connectivity index (χ0n) is 21.5. The van der Waals surface area contributed by atoms with Crippen LogP contribution in [0.25, 0.3) is 0 Å². The molecule has 3 aromatic rings. The molecule has 2 aromatic carbocycles. The van der Waals surface area contributed by atoms with Crippen LogP contribution in [-0.2, 0) is 24.3 Å². The van der Waals surface area contributed by atoms with E-state index in [0.717, 1.165) is 36.9 Å². The lowest BCUT2D eigenvalue weighted by molar-refractivity contribution is -0.121. The Bertz CT molecular complexity index is 1290. The van der Waals surface area contributed by atoms with Crippen molar-refractivity contribution in [2.75, 3.05) is 32.1 Å². The topological polar surface area (TPSA) is 88.5 Å². The van der Waals surface area contributed by atoms with Crippen LogP contribution < -0.4 is 20.9 Å². The van der Waals surface area contributed by atoms with Gasteiger partial charge in [-0.05, 0) is 57.0 Å². The molecule has 0 unspecified atom stereocenters. The zero-order valence-corrected chi connectivity index (χ0v) is 23.0. The summed E-state index contributed by atoms with van der Waals surface area (Å²) in [6, 6.07) is 15.4. The van der Waals surface area contributed by atoms with E-state index in [2.05, 4.69) is 39.7 Å². The second-order valence-corrected chi connectivity index (χ2v) is 10.4. The number of carbonyl (C=O) groups excluding carboxylic acids is 1. The van der Waals surface area contributed by atoms with E-state index in [4.69, 9.17) is 27.9 Å². The van der Waals surface area contributed by atoms with Crippen LogP contribution in [0.2, 0.25) is 10.2 Å². The lowest BCUT2D eigenvalue weighted by Crippen LogP contribution is -2.40. The summed E-state index contributed by atoms with van der Waals surface area (Å²) in [4.78, 5) is 32.7. The van der Waals surface area contributed by atoms with Gasteiger partial charge in [0.25, 0.3) is 5.56 Å². The predicted molar refractivity (Wildman–Crippen MR) is 151 cm³/mol. The average Bonchev–Trinajstić information content (AvgIpc) is 2.89. The second-order valence-electron chi connectivity index (χ2n) is 9.55. The van der Waals surface area contributed by atoms with Crippen LogP contribution in [0.1, 0.15) is 30.4 Å². The van der Waals surface area contributed by atoms with E-state index >= 15 is 0 Å². The van der Waals surface area contributed by atoms with Crippen LogP contribution in [0.4, 0.5) is 5.82 Å². The summed E-state index contributed by atoms with van der Waals surface area (Å²) < 4.78 is 7.23. The van der Waals surface area contributed by atoms with Gasteiger partial charge >= 0.3 is 0 Å². The van der Waals surface area contributed by atoms with Crippen LogP contribution in [0.5, 0.6) is 5.75 Å². The molecule has 2 heterocycles. The lowest BCUT2D eigenvalue weighted by Gasteiger charge is -2.26. The number of amides is 1.